The van der Waals surface area contributed by atoms with Crippen LogP contribution in [0.4, 0.5) is 13.2 Å². The number of rotatable bonds is 3. The Morgan fingerprint density at radius 1 is 1.11 bits per heavy atom. The Bertz CT molecular complexity index is 599. The fraction of sp³-hybridized carbons (Fsp3) is 0.167. The monoisotopic (exact) mass is 288 g/mol. The van der Waals surface area contributed by atoms with Crippen LogP contribution in [0.15, 0.2) is 18.2 Å². The standard InChI is InChI=1S/C12H8ClF3N2O/c1-19-5-7-4-10(13)18-12(17-7)6-2-8(14)11(16)9(15)3-6/h2-4H,5H2,1H3. The molecule has 0 aliphatic rings. The Morgan fingerprint density at radius 2 is 1.74 bits per heavy atom. The van der Waals surface area contributed by atoms with Crippen LogP contribution < -0.4 is 0 Å². The van der Waals surface area contributed by atoms with Gasteiger partial charge in [0.2, 0.25) is 0 Å². The molecule has 0 amide bonds. The van der Waals surface area contributed by atoms with E-state index in [1.54, 1.807) is 0 Å². The SMILES string of the molecule is COCc1cc(Cl)nc(-c2cc(F)c(F)c(F)c2)n1. The molecule has 3 nitrogen and oxygen atoms in total. The second-order valence-corrected chi connectivity index (χ2v) is 4.08. The maximum atomic E-state index is 13.1. The van der Waals surface area contributed by atoms with Crippen LogP contribution >= 0.6 is 11.6 Å². The Morgan fingerprint density at radius 3 is 2.32 bits per heavy atom. The van der Waals surface area contributed by atoms with Gasteiger partial charge in [0.25, 0.3) is 0 Å². The summed E-state index contributed by atoms with van der Waals surface area (Å²) in [5.41, 5.74) is 0.443. The first-order chi connectivity index (χ1) is 9.01. The molecule has 1 aromatic carbocycles. The smallest absolute Gasteiger partial charge is 0.194 e. The highest BCUT2D eigenvalue weighted by Gasteiger charge is 2.14. The summed E-state index contributed by atoms with van der Waals surface area (Å²) in [6, 6.07) is 3.08. The van der Waals surface area contributed by atoms with Gasteiger partial charge in [-0.05, 0) is 18.2 Å². The molecule has 1 heterocycles. The van der Waals surface area contributed by atoms with Crippen molar-refractivity contribution in [2.75, 3.05) is 7.11 Å². The minimum atomic E-state index is -1.54. The Labute approximate surface area is 112 Å². The van der Waals surface area contributed by atoms with Gasteiger partial charge in [0, 0.05) is 12.7 Å². The molecular weight excluding hydrogens is 281 g/mol. The minimum absolute atomic E-state index is 0.00245. The first-order valence-corrected chi connectivity index (χ1v) is 5.56. The summed E-state index contributed by atoms with van der Waals surface area (Å²) in [5, 5.41) is 0.0993. The highest BCUT2D eigenvalue weighted by Crippen LogP contribution is 2.22. The molecule has 7 heteroatoms. The molecule has 0 aliphatic heterocycles. The summed E-state index contributed by atoms with van der Waals surface area (Å²) in [5.74, 6) is -4.17. The third-order valence-corrected chi connectivity index (χ3v) is 2.48. The average molecular weight is 289 g/mol. The van der Waals surface area contributed by atoms with Crippen LogP contribution in [0.5, 0.6) is 0 Å². The highest BCUT2D eigenvalue weighted by atomic mass is 35.5. The van der Waals surface area contributed by atoms with E-state index in [9.17, 15) is 13.2 Å². The third-order valence-electron chi connectivity index (χ3n) is 2.28. The van der Waals surface area contributed by atoms with Crippen LogP contribution in [0, 0.1) is 17.5 Å². The molecular formula is C12H8ClF3N2O. The van der Waals surface area contributed by atoms with E-state index in [1.165, 1.54) is 13.2 Å². The lowest BCUT2D eigenvalue weighted by atomic mass is 10.2. The zero-order valence-electron chi connectivity index (χ0n) is 9.75. The first-order valence-electron chi connectivity index (χ1n) is 5.18. The minimum Gasteiger partial charge on any atom is -0.378 e. The van der Waals surface area contributed by atoms with Gasteiger partial charge < -0.3 is 4.74 Å². The highest BCUT2D eigenvalue weighted by molar-refractivity contribution is 6.29. The maximum Gasteiger partial charge on any atom is 0.194 e. The lowest BCUT2D eigenvalue weighted by Crippen LogP contribution is -1.99. The number of benzene rings is 1. The van der Waals surface area contributed by atoms with Gasteiger partial charge >= 0.3 is 0 Å². The quantitative estimate of drug-likeness (QED) is 0.642. The van der Waals surface area contributed by atoms with Gasteiger partial charge in [-0.25, -0.2) is 23.1 Å². The van der Waals surface area contributed by atoms with Crippen molar-refractivity contribution in [3.8, 4) is 11.4 Å². The van der Waals surface area contributed by atoms with Crippen LogP contribution in [0.3, 0.4) is 0 Å². The number of ether oxygens (including phenoxy) is 1. The molecule has 0 spiro atoms. The van der Waals surface area contributed by atoms with Gasteiger partial charge in [0.1, 0.15) is 5.15 Å². The van der Waals surface area contributed by atoms with Crippen molar-refractivity contribution < 1.29 is 17.9 Å². The first kappa shape index (κ1) is 13.8. The van der Waals surface area contributed by atoms with Gasteiger partial charge in [0.15, 0.2) is 23.3 Å². The van der Waals surface area contributed by atoms with Gasteiger partial charge in [-0.2, -0.15) is 0 Å². The second kappa shape index (κ2) is 5.54. The van der Waals surface area contributed by atoms with Crippen LogP contribution in [0.2, 0.25) is 5.15 Å². The lowest BCUT2D eigenvalue weighted by Gasteiger charge is -2.05. The predicted molar refractivity (Wildman–Crippen MR) is 63.1 cm³/mol. The number of halogens is 4. The van der Waals surface area contributed by atoms with Crippen molar-refractivity contribution in [1.82, 2.24) is 9.97 Å². The van der Waals surface area contributed by atoms with Gasteiger partial charge in [-0.1, -0.05) is 11.6 Å². The molecule has 2 rings (SSSR count). The molecule has 0 fully saturated rings. The van der Waals surface area contributed by atoms with E-state index in [0.717, 1.165) is 12.1 Å². The Kier molecular flexibility index (Phi) is 4.01. The van der Waals surface area contributed by atoms with Gasteiger partial charge in [0.05, 0.1) is 12.3 Å². The number of methoxy groups -OCH3 is 1. The van der Waals surface area contributed by atoms with E-state index in [-0.39, 0.29) is 23.1 Å². The topological polar surface area (TPSA) is 35.0 Å². The van der Waals surface area contributed by atoms with Crippen LogP contribution in [0.25, 0.3) is 11.4 Å². The van der Waals surface area contributed by atoms with Crippen LogP contribution in [0.1, 0.15) is 5.69 Å². The van der Waals surface area contributed by atoms with Crippen molar-refractivity contribution in [3.05, 3.63) is 46.5 Å². The average Bonchev–Trinajstić information content (AvgIpc) is 2.35. The molecule has 100 valence electrons. The number of nitrogens with zero attached hydrogens (tertiary/aromatic N) is 2. The largest absolute Gasteiger partial charge is 0.378 e. The normalized spacial score (nSPS) is 10.8. The fourth-order valence-corrected chi connectivity index (χ4v) is 1.71. The van der Waals surface area contributed by atoms with E-state index < -0.39 is 17.5 Å². The summed E-state index contributed by atoms with van der Waals surface area (Å²) in [7, 11) is 1.47. The summed E-state index contributed by atoms with van der Waals surface area (Å²) in [6.07, 6.45) is 0. The molecule has 0 atom stereocenters. The molecule has 1 aromatic heterocycles. The summed E-state index contributed by atoms with van der Waals surface area (Å²) in [6.45, 7) is 0.168. The van der Waals surface area contributed by atoms with E-state index in [2.05, 4.69) is 9.97 Å². The van der Waals surface area contributed by atoms with Crippen molar-refractivity contribution in [3.63, 3.8) is 0 Å². The van der Waals surface area contributed by atoms with Crippen molar-refractivity contribution in [2.45, 2.75) is 6.61 Å². The molecule has 0 bridgehead atoms. The Hall–Kier alpha value is -1.66. The van der Waals surface area contributed by atoms with Crippen molar-refractivity contribution in [2.24, 2.45) is 0 Å². The zero-order valence-corrected chi connectivity index (χ0v) is 10.5. The van der Waals surface area contributed by atoms with Gasteiger partial charge in [-0.3, -0.25) is 0 Å². The van der Waals surface area contributed by atoms with E-state index in [4.69, 9.17) is 16.3 Å². The number of hydrogen-bond acceptors (Lipinski definition) is 3. The third kappa shape index (κ3) is 3.02. The molecule has 0 saturated carbocycles. The lowest BCUT2D eigenvalue weighted by molar-refractivity contribution is 0.181. The summed E-state index contributed by atoms with van der Waals surface area (Å²) in [4.78, 5) is 7.87. The molecule has 2 aromatic rings. The molecule has 0 saturated heterocycles. The zero-order chi connectivity index (χ0) is 14.0. The molecule has 0 radical (unpaired) electrons. The molecule has 0 N–H and O–H groups in total. The Balaban J connectivity index is 2.52. The number of aromatic nitrogens is 2. The second-order valence-electron chi connectivity index (χ2n) is 3.69. The number of hydrogen-bond donors (Lipinski definition) is 0. The molecule has 19 heavy (non-hydrogen) atoms. The van der Waals surface area contributed by atoms with E-state index in [0.29, 0.717) is 5.69 Å². The van der Waals surface area contributed by atoms with Crippen LogP contribution in [-0.4, -0.2) is 17.1 Å². The molecule has 0 unspecified atom stereocenters. The maximum absolute atomic E-state index is 13.1. The van der Waals surface area contributed by atoms with Gasteiger partial charge in [-0.15, -0.1) is 0 Å². The predicted octanol–water partition coefficient (Wildman–Crippen LogP) is 3.36. The summed E-state index contributed by atoms with van der Waals surface area (Å²) < 4.78 is 44.0. The fourth-order valence-electron chi connectivity index (χ4n) is 1.50. The van der Waals surface area contributed by atoms with E-state index in [1.807, 2.05) is 0 Å². The summed E-state index contributed by atoms with van der Waals surface area (Å²) >= 11 is 5.78. The van der Waals surface area contributed by atoms with Crippen molar-refractivity contribution >= 4 is 11.6 Å². The van der Waals surface area contributed by atoms with Crippen LogP contribution in [-0.2, 0) is 11.3 Å². The molecule has 0 aliphatic carbocycles. The van der Waals surface area contributed by atoms with E-state index >= 15 is 0 Å². The van der Waals surface area contributed by atoms with Crippen molar-refractivity contribution in [1.29, 1.82) is 0 Å².